The van der Waals surface area contributed by atoms with E-state index in [1.54, 1.807) is 0 Å². The molecular weight excluding hydrogens is 196 g/mol. The van der Waals surface area contributed by atoms with Gasteiger partial charge in [-0.2, -0.15) is 5.26 Å². The fraction of sp³-hybridized carbons (Fsp3) is 0.929. The lowest BCUT2D eigenvalue weighted by atomic mass is 9.78. The highest BCUT2D eigenvalue weighted by molar-refractivity contribution is 4.98. The molecule has 2 aliphatic rings. The third-order valence-corrected chi connectivity index (χ3v) is 4.34. The van der Waals surface area contributed by atoms with E-state index in [4.69, 9.17) is 0 Å². The summed E-state index contributed by atoms with van der Waals surface area (Å²) in [6.07, 6.45) is 9.19. The Kier molecular flexibility index (Phi) is 4.23. The summed E-state index contributed by atoms with van der Waals surface area (Å²) < 4.78 is 0. The van der Waals surface area contributed by atoms with Gasteiger partial charge in [-0.1, -0.05) is 26.2 Å². The van der Waals surface area contributed by atoms with Gasteiger partial charge in [-0.05, 0) is 50.6 Å². The molecule has 1 heterocycles. The van der Waals surface area contributed by atoms with Gasteiger partial charge in [-0.3, -0.25) is 4.90 Å². The maximum absolute atomic E-state index is 9.43. The molecule has 0 aromatic heterocycles. The topological polar surface area (TPSA) is 27.0 Å². The molecule has 3 unspecified atom stereocenters. The van der Waals surface area contributed by atoms with Crippen LogP contribution >= 0.6 is 0 Å². The Morgan fingerprint density at radius 1 is 1.12 bits per heavy atom. The molecule has 1 saturated heterocycles. The van der Waals surface area contributed by atoms with Gasteiger partial charge in [0.15, 0.2) is 0 Å². The van der Waals surface area contributed by atoms with Gasteiger partial charge in [-0.25, -0.2) is 0 Å². The molecule has 0 spiro atoms. The molecule has 2 heteroatoms. The molecule has 90 valence electrons. The van der Waals surface area contributed by atoms with E-state index in [2.05, 4.69) is 17.9 Å². The zero-order valence-electron chi connectivity index (χ0n) is 10.5. The molecule has 0 N–H and O–H groups in total. The van der Waals surface area contributed by atoms with E-state index in [1.807, 2.05) is 0 Å². The molecule has 1 aliphatic heterocycles. The number of hydrogen-bond acceptors (Lipinski definition) is 2. The zero-order chi connectivity index (χ0) is 11.4. The predicted octanol–water partition coefficient (Wildman–Crippen LogP) is 3.19. The number of piperidine rings is 1. The first-order chi connectivity index (χ1) is 7.81. The summed E-state index contributed by atoms with van der Waals surface area (Å²) in [4.78, 5) is 2.45. The Hall–Kier alpha value is -0.550. The van der Waals surface area contributed by atoms with Gasteiger partial charge in [0.25, 0.3) is 0 Å². The van der Waals surface area contributed by atoms with Crippen LogP contribution in [0.4, 0.5) is 0 Å². The zero-order valence-corrected chi connectivity index (χ0v) is 10.5. The lowest BCUT2D eigenvalue weighted by Gasteiger charge is -2.38. The molecule has 2 rings (SSSR count). The Morgan fingerprint density at radius 2 is 1.88 bits per heavy atom. The van der Waals surface area contributed by atoms with Crippen molar-refractivity contribution >= 4 is 0 Å². The summed E-state index contributed by atoms with van der Waals surface area (Å²) in [7, 11) is 0. The Labute approximate surface area is 99.6 Å². The van der Waals surface area contributed by atoms with E-state index in [-0.39, 0.29) is 6.04 Å². The highest BCUT2D eigenvalue weighted by Gasteiger charge is 2.31. The third kappa shape index (κ3) is 2.77. The molecule has 2 fully saturated rings. The van der Waals surface area contributed by atoms with Gasteiger partial charge in [-0.15, -0.1) is 0 Å². The SMILES string of the molecule is CC1CCCC(C(C#N)N2CCCCC2)C1. The van der Waals surface area contributed by atoms with Crippen LogP contribution in [0.1, 0.15) is 51.9 Å². The summed E-state index contributed by atoms with van der Waals surface area (Å²) in [5.74, 6) is 1.48. The van der Waals surface area contributed by atoms with Gasteiger partial charge < -0.3 is 0 Å². The molecule has 16 heavy (non-hydrogen) atoms. The lowest BCUT2D eigenvalue weighted by molar-refractivity contribution is 0.118. The maximum atomic E-state index is 9.43. The number of rotatable bonds is 2. The van der Waals surface area contributed by atoms with Gasteiger partial charge in [0, 0.05) is 0 Å². The number of hydrogen-bond donors (Lipinski definition) is 0. The van der Waals surface area contributed by atoms with Gasteiger partial charge in [0.05, 0.1) is 6.07 Å². The molecule has 1 aliphatic carbocycles. The highest BCUT2D eigenvalue weighted by Crippen LogP contribution is 2.33. The minimum absolute atomic E-state index is 0.211. The minimum Gasteiger partial charge on any atom is -0.288 e. The van der Waals surface area contributed by atoms with Crippen LogP contribution in [0, 0.1) is 23.2 Å². The van der Waals surface area contributed by atoms with Crippen LogP contribution in [0.5, 0.6) is 0 Å². The van der Waals surface area contributed by atoms with Gasteiger partial charge >= 0.3 is 0 Å². The van der Waals surface area contributed by atoms with Crippen LogP contribution in [0.2, 0.25) is 0 Å². The fourth-order valence-corrected chi connectivity index (χ4v) is 3.45. The van der Waals surface area contributed by atoms with E-state index in [0.717, 1.165) is 19.0 Å². The second-order valence-corrected chi connectivity index (χ2v) is 5.70. The summed E-state index contributed by atoms with van der Waals surface area (Å²) in [5.41, 5.74) is 0. The molecule has 0 amide bonds. The molecule has 3 atom stereocenters. The van der Waals surface area contributed by atoms with Crippen molar-refractivity contribution in [1.82, 2.24) is 4.90 Å². The predicted molar refractivity (Wildman–Crippen MR) is 65.9 cm³/mol. The first kappa shape index (κ1) is 11.9. The van der Waals surface area contributed by atoms with Crippen molar-refractivity contribution in [2.24, 2.45) is 11.8 Å². The minimum atomic E-state index is 0.211. The number of nitrogens with zero attached hydrogens (tertiary/aromatic N) is 2. The van der Waals surface area contributed by atoms with Crippen LogP contribution < -0.4 is 0 Å². The van der Waals surface area contributed by atoms with E-state index < -0.39 is 0 Å². The molecule has 2 nitrogen and oxygen atoms in total. The molecular formula is C14H24N2. The van der Waals surface area contributed by atoms with Crippen molar-refractivity contribution in [3.8, 4) is 6.07 Å². The first-order valence-corrected chi connectivity index (χ1v) is 6.95. The molecule has 1 saturated carbocycles. The van der Waals surface area contributed by atoms with Crippen molar-refractivity contribution in [2.75, 3.05) is 13.1 Å². The maximum Gasteiger partial charge on any atom is 0.101 e. The summed E-state index contributed by atoms with van der Waals surface area (Å²) in [6.45, 7) is 4.66. The number of nitriles is 1. The van der Waals surface area contributed by atoms with Crippen molar-refractivity contribution < 1.29 is 0 Å². The standard InChI is InChI=1S/C14H24N2/c1-12-6-5-7-13(10-12)14(11-15)16-8-3-2-4-9-16/h12-14H,2-10H2,1H3. The summed E-state index contributed by atoms with van der Waals surface area (Å²) in [6, 6.07) is 2.80. The Balaban J connectivity index is 1.95. The molecule has 0 radical (unpaired) electrons. The van der Waals surface area contributed by atoms with Crippen LogP contribution in [0.3, 0.4) is 0 Å². The van der Waals surface area contributed by atoms with E-state index in [9.17, 15) is 5.26 Å². The summed E-state index contributed by atoms with van der Waals surface area (Å²) >= 11 is 0. The largest absolute Gasteiger partial charge is 0.288 e. The van der Waals surface area contributed by atoms with Crippen molar-refractivity contribution in [2.45, 2.75) is 57.9 Å². The normalized spacial score (nSPS) is 34.2. The molecule has 0 aromatic rings. The quantitative estimate of drug-likeness (QED) is 0.714. The monoisotopic (exact) mass is 220 g/mol. The van der Waals surface area contributed by atoms with Crippen LogP contribution in [0.25, 0.3) is 0 Å². The van der Waals surface area contributed by atoms with Crippen molar-refractivity contribution in [3.05, 3.63) is 0 Å². The smallest absolute Gasteiger partial charge is 0.101 e. The van der Waals surface area contributed by atoms with E-state index in [0.29, 0.717) is 5.92 Å². The second kappa shape index (κ2) is 5.68. The molecule has 0 bridgehead atoms. The Morgan fingerprint density at radius 3 is 2.50 bits per heavy atom. The average molecular weight is 220 g/mol. The third-order valence-electron chi connectivity index (χ3n) is 4.34. The van der Waals surface area contributed by atoms with Gasteiger partial charge in [0.2, 0.25) is 0 Å². The highest BCUT2D eigenvalue weighted by atomic mass is 15.2. The average Bonchev–Trinajstić information content (AvgIpc) is 2.31. The van der Waals surface area contributed by atoms with Crippen LogP contribution in [-0.2, 0) is 0 Å². The summed E-state index contributed by atoms with van der Waals surface area (Å²) in [5, 5.41) is 9.43. The first-order valence-electron chi connectivity index (χ1n) is 6.95. The van der Waals surface area contributed by atoms with Crippen molar-refractivity contribution in [3.63, 3.8) is 0 Å². The molecule has 0 aromatic carbocycles. The fourth-order valence-electron chi connectivity index (χ4n) is 3.45. The van der Waals surface area contributed by atoms with Gasteiger partial charge in [0.1, 0.15) is 6.04 Å². The van der Waals surface area contributed by atoms with Crippen LogP contribution in [0.15, 0.2) is 0 Å². The number of likely N-dealkylation sites (tertiary alicyclic amines) is 1. The van der Waals surface area contributed by atoms with E-state index in [1.165, 1.54) is 44.9 Å². The van der Waals surface area contributed by atoms with Crippen molar-refractivity contribution in [1.29, 1.82) is 5.26 Å². The van der Waals surface area contributed by atoms with E-state index >= 15 is 0 Å². The lowest BCUT2D eigenvalue weighted by Crippen LogP contribution is -2.44. The Bertz CT molecular complexity index is 250. The second-order valence-electron chi connectivity index (χ2n) is 5.70. The van der Waals surface area contributed by atoms with Crippen LogP contribution in [-0.4, -0.2) is 24.0 Å².